The van der Waals surface area contributed by atoms with Gasteiger partial charge in [0.05, 0.1) is 9.79 Å². The Labute approximate surface area is 183 Å². The monoisotopic (exact) mass is 456 g/mol. The van der Waals surface area contributed by atoms with E-state index in [-0.39, 0.29) is 16.3 Å². The molecule has 0 amide bonds. The molecule has 8 heteroatoms. The van der Waals surface area contributed by atoms with Crippen molar-refractivity contribution in [3.8, 4) is 0 Å². The largest absolute Gasteiger partial charge is 0.245 e. The first-order chi connectivity index (χ1) is 14.7. The molecule has 1 heterocycles. The molecule has 31 heavy (non-hydrogen) atoms. The highest BCUT2D eigenvalue weighted by Crippen LogP contribution is 2.41. The second-order valence-electron chi connectivity index (χ2n) is 7.67. The van der Waals surface area contributed by atoms with Crippen LogP contribution < -0.4 is 0 Å². The molecule has 1 fully saturated rings. The van der Waals surface area contributed by atoms with Crippen molar-refractivity contribution in [2.24, 2.45) is 0 Å². The summed E-state index contributed by atoms with van der Waals surface area (Å²) in [6, 6.07) is 23.1. The van der Waals surface area contributed by atoms with E-state index in [0.29, 0.717) is 5.56 Å². The molecule has 1 aliphatic heterocycles. The predicted octanol–water partition coefficient (Wildman–Crippen LogP) is 3.78. The number of hydrogen-bond acceptors (Lipinski definition) is 4. The quantitative estimate of drug-likeness (QED) is 0.586. The smallest absolute Gasteiger partial charge is 0.207 e. The first-order valence-corrected chi connectivity index (χ1v) is 12.8. The van der Waals surface area contributed by atoms with Gasteiger partial charge in [-0.1, -0.05) is 66.2 Å². The lowest BCUT2D eigenvalue weighted by atomic mass is 10.2. The van der Waals surface area contributed by atoms with E-state index >= 15 is 0 Å². The maximum atomic E-state index is 13.6. The highest BCUT2D eigenvalue weighted by atomic mass is 32.2. The maximum Gasteiger partial charge on any atom is 0.245 e. The highest BCUT2D eigenvalue weighted by molar-refractivity contribution is 7.90. The molecule has 0 spiro atoms. The van der Waals surface area contributed by atoms with Crippen molar-refractivity contribution in [2.75, 3.05) is 6.54 Å². The van der Waals surface area contributed by atoms with Crippen LogP contribution in [0.25, 0.3) is 0 Å². The number of aryl methyl sites for hydroxylation is 1. The van der Waals surface area contributed by atoms with E-state index in [9.17, 15) is 16.8 Å². The minimum Gasteiger partial charge on any atom is -0.207 e. The van der Waals surface area contributed by atoms with Gasteiger partial charge in [-0.3, -0.25) is 0 Å². The van der Waals surface area contributed by atoms with Crippen molar-refractivity contribution in [3.63, 3.8) is 0 Å². The van der Waals surface area contributed by atoms with E-state index in [1.807, 2.05) is 13.0 Å². The summed E-state index contributed by atoms with van der Waals surface area (Å²) in [5, 5.41) is 0. The van der Waals surface area contributed by atoms with Crippen molar-refractivity contribution in [2.45, 2.75) is 35.8 Å². The second-order valence-corrected chi connectivity index (χ2v) is 11.4. The zero-order chi connectivity index (χ0) is 22.2. The third kappa shape index (κ3) is 3.92. The molecular weight excluding hydrogens is 432 g/mol. The van der Waals surface area contributed by atoms with Crippen LogP contribution in [-0.4, -0.2) is 38.0 Å². The molecule has 0 radical (unpaired) electrons. The molecule has 4 rings (SSSR count). The molecule has 1 aliphatic rings. The molecule has 0 aromatic heterocycles. The van der Waals surface area contributed by atoms with E-state index < -0.39 is 32.3 Å². The third-order valence-electron chi connectivity index (χ3n) is 5.44. The summed E-state index contributed by atoms with van der Waals surface area (Å²) >= 11 is 0. The number of sulfonamides is 2. The summed E-state index contributed by atoms with van der Waals surface area (Å²) in [6.07, 6.45) is -0.979. The van der Waals surface area contributed by atoms with Crippen LogP contribution in [0, 0.1) is 6.92 Å². The molecule has 1 saturated heterocycles. The summed E-state index contributed by atoms with van der Waals surface area (Å²) in [6.45, 7) is 3.68. The lowest BCUT2D eigenvalue weighted by Crippen LogP contribution is -2.39. The first kappa shape index (κ1) is 21.7. The number of nitrogens with zero attached hydrogens (tertiary/aromatic N) is 2. The minimum absolute atomic E-state index is 0.0574. The topological polar surface area (TPSA) is 74.8 Å². The number of benzene rings is 3. The van der Waals surface area contributed by atoms with Gasteiger partial charge in [0.1, 0.15) is 6.17 Å². The lowest BCUT2D eigenvalue weighted by molar-refractivity contribution is 0.276. The van der Waals surface area contributed by atoms with Crippen molar-refractivity contribution < 1.29 is 16.8 Å². The fourth-order valence-corrected chi connectivity index (χ4v) is 7.40. The fourth-order valence-electron chi connectivity index (χ4n) is 3.90. The van der Waals surface area contributed by atoms with Gasteiger partial charge in [-0.15, -0.1) is 0 Å². The van der Waals surface area contributed by atoms with Crippen molar-refractivity contribution in [1.82, 2.24) is 8.61 Å². The molecule has 0 saturated carbocycles. The molecule has 3 aromatic rings. The summed E-state index contributed by atoms with van der Waals surface area (Å²) < 4.78 is 56.9. The van der Waals surface area contributed by atoms with Crippen LogP contribution in [-0.2, 0) is 20.0 Å². The molecule has 2 unspecified atom stereocenters. The summed E-state index contributed by atoms with van der Waals surface area (Å²) in [5.74, 6) is 0. The Hall–Kier alpha value is -2.52. The normalized spacial score (nSPS) is 20.7. The van der Waals surface area contributed by atoms with Crippen molar-refractivity contribution >= 4 is 20.0 Å². The standard InChI is InChI=1S/C23H24N2O4S2/c1-18-13-15-22(16-14-18)30(26,27)24-17-19(2)25(23(24)20-9-5-3-6-10-20)31(28,29)21-11-7-4-8-12-21/h3-16,19,23H,17H2,1-2H3. The van der Waals surface area contributed by atoms with Gasteiger partial charge in [0.2, 0.25) is 20.0 Å². The van der Waals surface area contributed by atoms with Crippen LogP contribution >= 0.6 is 0 Å². The molecular formula is C23H24N2O4S2. The molecule has 0 N–H and O–H groups in total. The summed E-state index contributed by atoms with van der Waals surface area (Å²) in [5.41, 5.74) is 1.55. The third-order valence-corrected chi connectivity index (χ3v) is 9.25. The van der Waals surface area contributed by atoms with Gasteiger partial charge in [-0.05, 0) is 43.7 Å². The van der Waals surface area contributed by atoms with Crippen LogP contribution in [0.15, 0.2) is 94.7 Å². The molecule has 0 aliphatic carbocycles. The SMILES string of the molecule is Cc1ccc(S(=O)(=O)N2CC(C)N(S(=O)(=O)c3ccccc3)C2c2ccccc2)cc1. The first-order valence-electron chi connectivity index (χ1n) is 9.95. The van der Waals surface area contributed by atoms with Crippen molar-refractivity contribution in [1.29, 1.82) is 0 Å². The maximum absolute atomic E-state index is 13.6. The fraction of sp³-hybridized carbons (Fsp3) is 0.217. The van der Waals surface area contributed by atoms with E-state index in [1.165, 1.54) is 20.7 Å². The second kappa shape index (κ2) is 8.20. The van der Waals surface area contributed by atoms with E-state index in [0.717, 1.165) is 5.56 Å². The average molecular weight is 457 g/mol. The van der Waals surface area contributed by atoms with Gasteiger partial charge in [-0.25, -0.2) is 16.8 Å². The molecule has 3 aromatic carbocycles. The highest BCUT2D eigenvalue weighted by Gasteiger charge is 2.50. The van der Waals surface area contributed by atoms with Crippen LogP contribution in [0.1, 0.15) is 24.2 Å². The van der Waals surface area contributed by atoms with Crippen molar-refractivity contribution in [3.05, 3.63) is 96.1 Å². The van der Waals surface area contributed by atoms with E-state index in [1.54, 1.807) is 73.7 Å². The molecule has 2 atom stereocenters. The Bertz CT molecular complexity index is 1260. The number of hydrogen-bond donors (Lipinski definition) is 0. The Morgan fingerprint density at radius 2 is 1.23 bits per heavy atom. The van der Waals surface area contributed by atoms with Gasteiger partial charge >= 0.3 is 0 Å². The predicted molar refractivity (Wildman–Crippen MR) is 119 cm³/mol. The molecule has 0 bridgehead atoms. The van der Waals surface area contributed by atoms with Crippen LogP contribution in [0.3, 0.4) is 0 Å². The number of rotatable bonds is 5. The van der Waals surface area contributed by atoms with Gasteiger partial charge in [0, 0.05) is 12.6 Å². The lowest BCUT2D eigenvalue weighted by Gasteiger charge is -2.30. The molecule has 6 nitrogen and oxygen atoms in total. The summed E-state index contributed by atoms with van der Waals surface area (Å²) in [4.78, 5) is 0.280. The summed E-state index contributed by atoms with van der Waals surface area (Å²) in [7, 11) is -7.87. The Balaban J connectivity index is 1.87. The van der Waals surface area contributed by atoms with Crippen LogP contribution in [0.2, 0.25) is 0 Å². The minimum atomic E-state index is -3.94. The Kier molecular flexibility index (Phi) is 5.74. The molecule has 162 valence electrons. The zero-order valence-corrected chi connectivity index (χ0v) is 18.9. The van der Waals surface area contributed by atoms with Crippen LogP contribution in [0.5, 0.6) is 0 Å². The van der Waals surface area contributed by atoms with E-state index in [4.69, 9.17) is 0 Å². The Morgan fingerprint density at radius 1 is 0.710 bits per heavy atom. The van der Waals surface area contributed by atoms with Gasteiger partial charge in [-0.2, -0.15) is 8.61 Å². The van der Waals surface area contributed by atoms with Gasteiger partial charge < -0.3 is 0 Å². The zero-order valence-electron chi connectivity index (χ0n) is 17.3. The average Bonchev–Trinajstić information content (AvgIpc) is 3.14. The van der Waals surface area contributed by atoms with Gasteiger partial charge in [0.15, 0.2) is 0 Å². The van der Waals surface area contributed by atoms with Crippen LogP contribution in [0.4, 0.5) is 0 Å². The van der Waals surface area contributed by atoms with E-state index in [2.05, 4.69) is 0 Å². The van der Waals surface area contributed by atoms with Gasteiger partial charge in [0.25, 0.3) is 0 Å². The Morgan fingerprint density at radius 3 is 1.81 bits per heavy atom.